The molecular weight excluding hydrogens is 334 g/mol. The maximum Gasteiger partial charge on any atom is 0.187 e. The van der Waals surface area contributed by atoms with E-state index in [4.69, 9.17) is 21.4 Å². The maximum atomic E-state index is 5.85. The van der Waals surface area contributed by atoms with Gasteiger partial charge < -0.3 is 14.5 Å². The minimum absolute atomic E-state index is 0.455. The van der Waals surface area contributed by atoms with E-state index < -0.39 is 0 Å². The summed E-state index contributed by atoms with van der Waals surface area (Å²) >= 11 is 5.25. The molecule has 1 aromatic heterocycles. The molecule has 0 spiro atoms. The van der Waals surface area contributed by atoms with E-state index in [2.05, 4.69) is 15.8 Å². The standard InChI is InChI=1S/C19H19N3O2S/c1-13(17-11-15-9-6-10-16(23-2)18(15)24-17)21-22-19(25)20-12-14-7-4-3-5-8-14/h3-11H,12H2,1-2H3,(H2,20,22,25)/b21-13-. The number of hydrogen-bond donors (Lipinski definition) is 2. The summed E-state index contributed by atoms with van der Waals surface area (Å²) in [4.78, 5) is 0. The third kappa shape index (κ3) is 4.16. The van der Waals surface area contributed by atoms with E-state index in [1.165, 1.54) is 0 Å². The van der Waals surface area contributed by atoms with Crippen LogP contribution in [-0.2, 0) is 6.54 Å². The summed E-state index contributed by atoms with van der Waals surface area (Å²) in [6, 6.07) is 17.7. The number of thiocarbonyl (C=S) groups is 1. The summed E-state index contributed by atoms with van der Waals surface area (Å²) < 4.78 is 11.2. The SMILES string of the molecule is COc1cccc2cc(/C(C)=N\NC(=S)NCc3ccccc3)oc12. The van der Waals surface area contributed by atoms with Gasteiger partial charge in [-0.2, -0.15) is 5.10 Å². The Morgan fingerprint density at radius 2 is 1.96 bits per heavy atom. The Kier molecular flexibility index (Phi) is 5.30. The van der Waals surface area contributed by atoms with Crippen molar-refractivity contribution in [3.63, 3.8) is 0 Å². The van der Waals surface area contributed by atoms with Gasteiger partial charge in [-0.25, -0.2) is 0 Å². The number of methoxy groups -OCH3 is 1. The first-order chi connectivity index (χ1) is 12.2. The number of benzene rings is 2. The average Bonchev–Trinajstić information content (AvgIpc) is 3.09. The number of fused-ring (bicyclic) bond motifs is 1. The Balaban J connectivity index is 1.64. The fourth-order valence-electron chi connectivity index (χ4n) is 2.38. The summed E-state index contributed by atoms with van der Waals surface area (Å²) in [5, 5.41) is 8.82. The van der Waals surface area contributed by atoms with Crippen LogP contribution in [0, 0.1) is 0 Å². The van der Waals surface area contributed by atoms with Gasteiger partial charge in [0.25, 0.3) is 0 Å². The van der Waals surface area contributed by atoms with E-state index in [1.54, 1.807) is 7.11 Å². The number of furan rings is 1. The molecule has 6 heteroatoms. The van der Waals surface area contributed by atoms with Gasteiger partial charge >= 0.3 is 0 Å². The van der Waals surface area contributed by atoms with Crippen molar-refractivity contribution >= 4 is 34.0 Å². The highest BCUT2D eigenvalue weighted by atomic mass is 32.1. The van der Waals surface area contributed by atoms with Crippen LogP contribution in [0.1, 0.15) is 18.2 Å². The van der Waals surface area contributed by atoms with Crippen LogP contribution in [0.3, 0.4) is 0 Å². The third-order valence-electron chi connectivity index (χ3n) is 3.71. The quantitative estimate of drug-likeness (QED) is 0.415. The highest BCUT2D eigenvalue weighted by molar-refractivity contribution is 7.80. The molecule has 0 aliphatic heterocycles. The predicted molar refractivity (Wildman–Crippen MR) is 104 cm³/mol. The Morgan fingerprint density at radius 1 is 1.16 bits per heavy atom. The number of rotatable bonds is 5. The summed E-state index contributed by atoms with van der Waals surface area (Å²) in [7, 11) is 1.62. The van der Waals surface area contributed by atoms with Crippen LogP contribution in [0.2, 0.25) is 0 Å². The Bertz CT molecular complexity index is 903. The zero-order valence-corrected chi connectivity index (χ0v) is 14.9. The van der Waals surface area contributed by atoms with Crippen LogP contribution >= 0.6 is 12.2 Å². The highest BCUT2D eigenvalue weighted by Gasteiger charge is 2.10. The van der Waals surface area contributed by atoms with Crippen LogP contribution < -0.4 is 15.5 Å². The van der Waals surface area contributed by atoms with Gasteiger partial charge in [0.2, 0.25) is 0 Å². The molecule has 2 aromatic carbocycles. The second-order valence-corrected chi connectivity index (χ2v) is 5.87. The van der Waals surface area contributed by atoms with Gasteiger partial charge in [-0.15, -0.1) is 0 Å². The molecule has 5 nitrogen and oxygen atoms in total. The fraction of sp³-hybridized carbons (Fsp3) is 0.158. The Hall–Kier alpha value is -2.86. The number of hydrazone groups is 1. The minimum Gasteiger partial charge on any atom is -0.493 e. The topological polar surface area (TPSA) is 58.8 Å². The smallest absolute Gasteiger partial charge is 0.187 e. The number of hydrogen-bond acceptors (Lipinski definition) is 4. The first kappa shape index (κ1) is 17.0. The molecule has 0 radical (unpaired) electrons. The predicted octanol–water partition coefficient (Wildman–Crippen LogP) is 3.83. The Labute approximate surface area is 151 Å². The molecule has 0 aliphatic carbocycles. The van der Waals surface area contributed by atoms with Gasteiger partial charge in [0.1, 0.15) is 5.71 Å². The molecule has 128 valence electrons. The molecule has 25 heavy (non-hydrogen) atoms. The van der Waals surface area contributed by atoms with Gasteiger partial charge in [0.15, 0.2) is 22.2 Å². The zero-order valence-electron chi connectivity index (χ0n) is 14.1. The van der Waals surface area contributed by atoms with Crippen molar-refractivity contribution in [2.45, 2.75) is 13.5 Å². The molecule has 0 atom stereocenters. The van der Waals surface area contributed by atoms with Gasteiger partial charge in [-0.05, 0) is 36.8 Å². The van der Waals surface area contributed by atoms with Crippen molar-refractivity contribution in [2.75, 3.05) is 7.11 Å². The Morgan fingerprint density at radius 3 is 2.72 bits per heavy atom. The molecule has 1 heterocycles. The minimum atomic E-state index is 0.455. The number of nitrogens with zero attached hydrogens (tertiary/aromatic N) is 1. The maximum absolute atomic E-state index is 5.85. The lowest BCUT2D eigenvalue weighted by molar-refractivity contribution is 0.410. The highest BCUT2D eigenvalue weighted by Crippen LogP contribution is 2.28. The van der Waals surface area contributed by atoms with E-state index in [-0.39, 0.29) is 0 Å². The van der Waals surface area contributed by atoms with Crippen molar-refractivity contribution in [1.82, 2.24) is 10.7 Å². The third-order valence-corrected chi connectivity index (χ3v) is 3.94. The van der Waals surface area contributed by atoms with Gasteiger partial charge in [-0.1, -0.05) is 42.5 Å². The zero-order chi connectivity index (χ0) is 17.6. The second kappa shape index (κ2) is 7.81. The van der Waals surface area contributed by atoms with Gasteiger partial charge in [0, 0.05) is 11.9 Å². The largest absolute Gasteiger partial charge is 0.493 e. The van der Waals surface area contributed by atoms with E-state index in [9.17, 15) is 0 Å². The first-order valence-electron chi connectivity index (χ1n) is 7.86. The van der Waals surface area contributed by atoms with Crippen LogP contribution in [-0.4, -0.2) is 17.9 Å². The van der Waals surface area contributed by atoms with Crippen molar-refractivity contribution < 1.29 is 9.15 Å². The van der Waals surface area contributed by atoms with Gasteiger partial charge in [-0.3, -0.25) is 5.43 Å². The summed E-state index contributed by atoms with van der Waals surface area (Å²) in [5.41, 5.74) is 5.40. The average molecular weight is 353 g/mol. The number of ether oxygens (including phenoxy) is 1. The first-order valence-corrected chi connectivity index (χ1v) is 8.27. The molecule has 0 amide bonds. The molecule has 0 fully saturated rings. The fourth-order valence-corrected chi connectivity index (χ4v) is 2.50. The summed E-state index contributed by atoms with van der Waals surface area (Å²) in [6.45, 7) is 2.50. The molecule has 0 unspecified atom stereocenters. The molecule has 0 saturated heterocycles. The van der Waals surface area contributed by atoms with Crippen LogP contribution in [0.4, 0.5) is 0 Å². The van der Waals surface area contributed by atoms with Crippen molar-refractivity contribution in [3.05, 3.63) is 65.9 Å². The number of nitrogens with one attached hydrogen (secondary N) is 2. The monoisotopic (exact) mass is 353 g/mol. The molecule has 0 aliphatic rings. The van der Waals surface area contributed by atoms with Crippen molar-refractivity contribution in [1.29, 1.82) is 0 Å². The van der Waals surface area contributed by atoms with Crippen LogP contribution in [0.15, 0.2) is 64.1 Å². The number of para-hydroxylation sites is 1. The molecule has 3 aromatic rings. The lowest BCUT2D eigenvalue weighted by Crippen LogP contribution is -2.32. The lowest BCUT2D eigenvalue weighted by Gasteiger charge is -2.07. The molecule has 3 rings (SSSR count). The summed E-state index contributed by atoms with van der Waals surface area (Å²) in [6.07, 6.45) is 0. The van der Waals surface area contributed by atoms with Gasteiger partial charge in [0.05, 0.1) is 7.11 Å². The molecule has 0 bridgehead atoms. The van der Waals surface area contributed by atoms with Crippen molar-refractivity contribution in [3.8, 4) is 5.75 Å². The lowest BCUT2D eigenvalue weighted by atomic mass is 10.2. The molecular formula is C19H19N3O2S. The molecule has 0 saturated carbocycles. The van der Waals surface area contributed by atoms with Crippen LogP contribution in [0.25, 0.3) is 11.0 Å². The normalized spacial score (nSPS) is 11.4. The van der Waals surface area contributed by atoms with E-state index in [0.29, 0.717) is 34.5 Å². The van der Waals surface area contributed by atoms with E-state index >= 15 is 0 Å². The van der Waals surface area contributed by atoms with E-state index in [0.717, 1.165) is 10.9 Å². The summed E-state index contributed by atoms with van der Waals surface area (Å²) in [5.74, 6) is 1.36. The van der Waals surface area contributed by atoms with Crippen LogP contribution in [0.5, 0.6) is 5.75 Å². The molecule has 2 N–H and O–H groups in total. The second-order valence-electron chi connectivity index (χ2n) is 5.47. The van der Waals surface area contributed by atoms with E-state index in [1.807, 2.05) is 61.5 Å². The van der Waals surface area contributed by atoms with Crippen molar-refractivity contribution in [2.24, 2.45) is 5.10 Å².